The van der Waals surface area contributed by atoms with Crippen molar-refractivity contribution in [1.82, 2.24) is 4.98 Å². The van der Waals surface area contributed by atoms with Crippen molar-refractivity contribution in [2.75, 3.05) is 5.32 Å². The predicted octanol–water partition coefficient (Wildman–Crippen LogP) is 6.63. The van der Waals surface area contributed by atoms with Crippen molar-refractivity contribution in [1.29, 1.82) is 0 Å². The monoisotopic (exact) mass is 414 g/mol. The van der Waals surface area contributed by atoms with Gasteiger partial charge in [0.15, 0.2) is 10.9 Å². The Balaban J connectivity index is 0.000000665. The van der Waals surface area contributed by atoms with Crippen LogP contribution in [0.25, 0.3) is 10.2 Å². The number of hydrogen-bond acceptors (Lipinski definition) is 4. The van der Waals surface area contributed by atoms with Gasteiger partial charge in [-0.3, -0.25) is 10.1 Å². The van der Waals surface area contributed by atoms with Gasteiger partial charge in [0, 0.05) is 11.1 Å². The van der Waals surface area contributed by atoms with E-state index in [1.807, 2.05) is 13.8 Å². The molecule has 2 N–H and O–H groups in total. The highest BCUT2D eigenvalue weighted by atomic mass is 35.5. The molecular formula is C19H21ClF2N2O2S. The largest absolute Gasteiger partial charge is 0.507 e. The average Bonchev–Trinajstić information content (AvgIpc) is 3.02. The zero-order valence-electron chi connectivity index (χ0n) is 15.4. The van der Waals surface area contributed by atoms with Crippen LogP contribution in [0.3, 0.4) is 0 Å². The molecule has 3 rings (SSSR count). The molecule has 1 amide bonds. The highest BCUT2D eigenvalue weighted by Gasteiger charge is 2.16. The summed E-state index contributed by atoms with van der Waals surface area (Å²) in [6.45, 7) is 8.25. The molecule has 0 bridgehead atoms. The fourth-order valence-electron chi connectivity index (χ4n) is 1.87. The number of aromatic hydroxyl groups is 1. The van der Waals surface area contributed by atoms with Crippen LogP contribution >= 0.6 is 22.9 Å². The molecule has 2 aromatic carbocycles. The Hall–Kier alpha value is -2.25. The van der Waals surface area contributed by atoms with Gasteiger partial charge in [-0.05, 0) is 24.3 Å². The normalized spacial score (nSPS) is 9.74. The van der Waals surface area contributed by atoms with Crippen molar-refractivity contribution in [3.05, 3.63) is 52.6 Å². The lowest BCUT2D eigenvalue weighted by molar-refractivity contribution is 0.102. The highest BCUT2D eigenvalue weighted by molar-refractivity contribution is 7.22. The molecule has 8 heteroatoms. The lowest BCUT2D eigenvalue weighted by atomic mass is 10.2. The molecule has 0 radical (unpaired) electrons. The van der Waals surface area contributed by atoms with Crippen LogP contribution in [0.1, 0.15) is 44.5 Å². The Morgan fingerprint density at radius 3 is 2.48 bits per heavy atom. The first-order chi connectivity index (χ1) is 12.8. The fourth-order valence-corrected chi connectivity index (χ4v) is 2.94. The fraction of sp³-hybridized carbons (Fsp3) is 0.263. The number of carbonyl (C=O) groups excluding carboxylic acids is 1. The molecule has 1 aromatic heterocycles. The number of nitrogens with one attached hydrogen (secondary N) is 1. The summed E-state index contributed by atoms with van der Waals surface area (Å²) in [7, 11) is 0. The number of hydrogen-bond donors (Lipinski definition) is 2. The number of nitrogens with zero attached hydrogens (tertiary/aromatic N) is 1. The second-order valence-electron chi connectivity index (χ2n) is 5.08. The molecule has 0 saturated heterocycles. The number of phenolic OH excluding ortho intramolecular Hbond substituents is 1. The maximum atomic E-state index is 13.6. The van der Waals surface area contributed by atoms with Gasteiger partial charge < -0.3 is 5.11 Å². The summed E-state index contributed by atoms with van der Waals surface area (Å²) in [6.07, 6.45) is 1.25. The summed E-state index contributed by atoms with van der Waals surface area (Å²) >= 11 is 6.69. The number of phenols is 1. The third-order valence-corrected chi connectivity index (χ3v) is 3.99. The lowest BCUT2D eigenvalue weighted by Gasteiger charge is -2.04. The first-order valence-corrected chi connectivity index (χ1v) is 9.60. The summed E-state index contributed by atoms with van der Waals surface area (Å²) in [5.41, 5.74) is -0.0737. The van der Waals surface area contributed by atoms with Crippen molar-refractivity contribution in [3.8, 4) is 5.75 Å². The Morgan fingerprint density at radius 1 is 1.22 bits per heavy atom. The van der Waals surface area contributed by atoms with E-state index in [-0.39, 0.29) is 31.7 Å². The van der Waals surface area contributed by atoms with Crippen LogP contribution in [0.15, 0.2) is 30.3 Å². The predicted molar refractivity (Wildman–Crippen MR) is 108 cm³/mol. The van der Waals surface area contributed by atoms with Crippen LogP contribution < -0.4 is 5.32 Å². The number of anilines is 1. The zero-order chi connectivity index (χ0) is 20.6. The molecule has 0 unspecified atom stereocenters. The highest BCUT2D eigenvalue weighted by Crippen LogP contribution is 2.30. The van der Waals surface area contributed by atoms with Crippen LogP contribution in [-0.2, 0) is 0 Å². The summed E-state index contributed by atoms with van der Waals surface area (Å²) in [6, 6.07) is 5.85. The van der Waals surface area contributed by atoms with Crippen molar-refractivity contribution in [3.63, 3.8) is 0 Å². The first-order valence-electron chi connectivity index (χ1n) is 8.41. The van der Waals surface area contributed by atoms with Gasteiger partial charge in [-0.1, -0.05) is 57.1 Å². The van der Waals surface area contributed by atoms with Gasteiger partial charge in [0.2, 0.25) is 0 Å². The molecule has 3 aromatic rings. The van der Waals surface area contributed by atoms with Crippen LogP contribution in [0, 0.1) is 11.6 Å². The number of rotatable bonds is 2. The zero-order valence-corrected chi connectivity index (χ0v) is 17.0. The number of amides is 1. The van der Waals surface area contributed by atoms with Gasteiger partial charge in [-0.2, -0.15) is 0 Å². The van der Waals surface area contributed by atoms with Crippen LogP contribution in [0.5, 0.6) is 5.75 Å². The van der Waals surface area contributed by atoms with Crippen LogP contribution in [0.4, 0.5) is 13.9 Å². The molecule has 0 atom stereocenters. The molecular weight excluding hydrogens is 394 g/mol. The van der Waals surface area contributed by atoms with E-state index in [2.05, 4.69) is 24.1 Å². The third kappa shape index (κ3) is 6.15. The van der Waals surface area contributed by atoms with Gasteiger partial charge in [0.05, 0.1) is 10.3 Å². The quantitative estimate of drug-likeness (QED) is 0.494. The summed E-state index contributed by atoms with van der Waals surface area (Å²) in [5, 5.41) is 12.4. The second kappa shape index (κ2) is 10.8. The lowest BCUT2D eigenvalue weighted by Crippen LogP contribution is -2.11. The Bertz CT molecular complexity index is 916. The van der Waals surface area contributed by atoms with E-state index in [4.69, 9.17) is 11.6 Å². The average molecular weight is 415 g/mol. The molecule has 27 heavy (non-hydrogen) atoms. The van der Waals surface area contributed by atoms with E-state index < -0.39 is 17.5 Å². The van der Waals surface area contributed by atoms with Gasteiger partial charge >= 0.3 is 0 Å². The van der Waals surface area contributed by atoms with E-state index in [0.29, 0.717) is 0 Å². The Labute approximate surface area is 165 Å². The minimum atomic E-state index is -0.808. The first kappa shape index (κ1) is 22.8. The van der Waals surface area contributed by atoms with Crippen molar-refractivity contribution in [2.24, 2.45) is 0 Å². The molecule has 0 fully saturated rings. The standard InChI is InChI=1S/C14H7ClF2N2O2S.C3H8.C2H6/c15-6-1-2-10(20)8(3-6)13(21)19-14-18-12-9(17)4-7(16)5-11(12)22-14;1-3-2;1-2/h1-5,20H,(H,18,19,21);3H2,1-2H3;1-2H3. The minimum absolute atomic E-state index is 0.0305. The molecule has 0 saturated carbocycles. The van der Waals surface area contributed by atoms with Gasteiger partial charge in [0.25, 0.3) is 5.91 Å². The van der Waals surface area contributed by atoms with Gasteiger partial charge in [-0.15, -0.1) is 0 Å². The number of carbonyl (C=O) groups is 1. The molecule has 4 nitrogen and oxygen atoms in total. The summed E-state index contributed by atoms with van der Waals surface area (Å²) in [5.74, 6) is -2.43. The number of fused-ring (bicyclic) bond motifs is 1. The van der Waals surface area contributed by atoms with E-state index >= 15 is 0 Å². The Kier molecular flexibility index (Phi) is 9.11. The van der Waals surface area contributed by atoms with Crippen molar-refractivity contribution < 1.29 is 18.7 Å². The summed E-state index contributed by atoms with van der Waals surface area (Å²) < 4.78 is 27.0. The maximum absolute atomic E-state index is 13.6. The molecule has 0 aliphatic carbocycles. The number of halogens is 3. The smallest absolute Gasteiger partial charge is 0.261 e. The van der Waals surface area contributed by atoms with E-state index in [1.54, 1.807) is 0 Å². The molecule has 0 aliphatic heterocycles. The van der Waals surface area contributed by atoms with Gasteiger partial charge in [0.1, 0.15) is 17.1 Å². The minimum Gasteiger partial charge on any atom is -0.507 e. The Morgan fingerprint density at radius 2 is 1.85 bits per heavy atom. The maximum Gasteiger partial charge on any atom is 0.261 e. The molecule has 1 heterocycles. The molecule has 0 spiro atoms. The second-order valence-corrected chi connectivity index (χ2v) is 6.54. The van der Waals surface area contributed by atoms with Crippen molar-refractivity contribution >= 4 is 44.2 Å². The van der Waals surface area contributed by atoms with E-state index in [0.717, 1.165) is 23.5 Å². The number of benzene rings is 2. The van der Waals surface area contributed by atoms with E-state index in [1.165, 1.54) is 24.6 Å². The van der Waals surface area contributed by atoms with Crippen LogP contribution in [0.2, 0.25) is 5.02 Å². The topological polar surface area (TPSA) is 62.2 Å². The SMILES string of the molecule is CC.CCC.O=C(Nc1nc2c(F)cc(F)cc2s1)c1cc(Cl)ccc1O. The number of thiazole rings is 1. The number of aromatic nitrogens is 1. The van der Waals surface area contributed by atoms with Crippen LogP contribution in [-0.4, -0.2) is 16.0 Å². The van der Waals surface area contributed by atoms with Gasteiger partial charge in [-0.25, -0.2) is 13.8 Å². The van der Waals surface area contributed by atoms with E-state index in [9.17, 15) is 18.7 Å². The molecule has 0 aliphatic rings. The van der Waals surface area contributed by atoms with Crippen molar-refractivity contribution in [2.45, 2.75) is 34.1 Å². The summed E-state index contributed by atoms with van der Waals surface area (Å²) in [4.78, 5) is 16.0. The third-order valence-electron chi connectivity index (χ3n) is 2.84. The molecule has 146 valence electrons.